The fourth-order valence-corrected chi connectivity index (χ4v) is 0.804. The summed E-state index contributed by atoms with van der Waals surface area (Å²) in [6, 6.07) is 0. The van der Waals surface area contributed by atoms with Crippen LogP contribution in [0.5, 0.6) is 0 Å². The highest BCUT2D eigenvalue weighted by atomic mass is 16.5. The number of carbonyl (C=O) groups excluding carboxylic acids is 1. The van der Waals surface area contributed by atoms with Crippen molar-refractivity contribution in [3.05, 3.63) is 24.5 Å². The Balaban J connectivity index is 3.46. The van der Waals surface area contributed by atoms with E-state index in [0.29, 0.717) is 6.42 Å². The topological polar surface area (TPSA) is 26.3 Å². The molecule has 0 aromatic heterocycles. The molecule has 0 atom stereocenters. The van der Waals surface area contributed by atoms with Crippen molar-refractivity contribution in [1.82, 2.24) is 0 Å². The van der Waals surface area contributed by atoms with E-state index in [2.05, 4.69) is 13.5 Å². The minimum Gasteiger partial charge on any atom is -0.434 e. The summed E-state index contributed by atoms with van der Waals surface area (Å²) in [5.41, 5.74) is 0.876. The number of hydrogen-bond donors (Lipinski definition) is 0. The van der Waals surface area contributed by atoms with Gasteiger partial charge in [-0.3, -0.25) is 4.79 Å². The molecular weight excluding hydrogens is 164 g/mol. The number of allylic oxidation sites excluding steroid dienone is 2. The molecule has 0 unspecified atom stereocenters. The average molecular weight is 182 g/mol. The maximum Gasteiger partial charge on any atom is 0.310 e. The fourth-order valence-electron chi connectivity index (χ4n) is 0.804. The second kappa shape index (κ2) is 7.59. The van der Waals surface area contributed by atoms with Gasteiger partial charge >= 0.3 is 5.97 Å². The molecule has 0 heterocycles. The van der Waals surface area contributed by atoms with E-state index in [9.17, 15) is 4.79 Å². The number of unbranched alkanes of at least 4 members (excludes halogenated alkanes) is 2. The van der Waals surface area contributed by atoms with Crippen molar-refractivity contribution in [3.63, 3.8) is 0 Å². The van der Waals surface area contributed by atoms with Gasteiger partial charge in [0.25, 0.3) is 0 Å². The molecule has 13 heavy (non-hydrogen) atoms. The Labute approximate surface area is 80.3 Å². The highest BCUT2D eigenvalue weighted by Crippen LogP contribution is 2.01. The predicted octanol–water partition coefficient (Wildman–Crippen LogP) is 3.20. The monoisotopic (exact) mass is 182 g/mol. The summed E-state index contributed by atoms with van der Waals surface area (Å²) in [6.07, 6.45) is 6.70. The van der Waals surface area contributed by atoms with E-state index >= 15 is 0 Å². The summed E-state index contributed by atoms with van der Waals surface area (Å²) in [5.74, 6) is -0.161. The lowest BCUT2D eigenvalue weighted by atomic mass is 10.2. The molecule has 0 bridgehead atoms. The molecule has 0 rings (SSSR count). The van der Waals surface area contributed by atoms with Gasteiger partial charge in [0.15, 0.2) is 0 Å². The molecule has 0 amide bonds. The van der Waals surface area contributed by atoms with Crippen LogP contribution in [0, 0.1) is 0 Å². The van der Waals surface area contributed by atoms with Crippen LogP contribution in [0.25, 0.3) is 0 Å². The summed E-state index contributed by atoms with van der Waals surface area (Å²) in [5, 5.41) is 0. The van der Waals surface area contributed by atoms with Crippen LogP contribution in [0.15, 0.2) is 24.5 Å². The largest absolute Gasteiger partial charge is 0.434 e. The molecule has 0 N–H and O–H groups in total. The SMILES string of the molecule is C=C(C)C=COC(=O)CCCCC. The minimum absolute atomic E-state index is 0.161. The molecule has 0 aromatic rings. The quantitative estimate of drug-likeness (QED) is 0.273. The van der Waals surface area contributed by atoms with E-state index in [4.69, 9.17) is 4.74 Å². The smallest absolute Gasteiger partial charge is 0.310 e. The van der Waals surface area contributed by atoms with Gasteiger partial charge < -0.3 is 4.74 Å². The average Bonchev–Trinajstić information content (AvgIpc) is 2.04. The fraction of sp³-hybridized carbons (Fsp3) is 0.545. The van der Waals surface area contributed by atoms with Crippen molar-refractivity contribution < 1.29 is 9.53 Å². The Bertz CT molecular complexity index is 192. The zero-order valence-corrected chi connectivity index (χ0v) is 8.51. The molecule has 0 aliphatic heterocycles. The second-order valence-electron chi connectivity index (χ2n) is 3.10. The Kier molecular flexibility index (Phi) is 6.98. The van der Waals surface area contributed by atoms with Crippen LogP contribution in [0.3, 0.4) is 0 Å². The summed E-state index contributed by atoms with van der Waals surface area (Å²) >= 11 is 0. The number of carbonyl (C=O) groups is 1. The molecule has 0 fully saturated rings. The summed E-state index contributed by atoms with van der Waals surface area (Å²) in [4.78, 5) is 11.0. The second-order valence-corrected chi connectivity index (χ2v) is 3.10. The third kappa shape index (κ3) is 8.86. The molecule has 0 saturated heterocycles. The van der Waals surface area contributed by atoms with Gasteiger partial charge in [0.1, 0.15) is 0 Å². The first-order valence-electron chi connectivity index (χ1n) is 4.68. The van der Waals surface area contributed by atoms with Crippen molar-refractivity contribution >= 4 is 5.97 Å². The summed E-state index contributed by atoms with van der Waals surface area (Å²) < 4.78 is 4.82. The van der Waals surface area contributed by atoms with Gasteiger partial charge in [-0.25, -0.2) is 0 Å². The number of hydrogen-bond acceptors (Lipinski definition) is 2. The molecule has 2 nitrogen and oxygen atoms in total. The Morgan fingerprint density at radius 3 is 2.69 bits per heavy atom. The van der Waals surface area contributed by atoms with Crippen LogP contribution in [-0.4, -0.2) is 5.97 Å². The standard InChI is InChI=1S/C11H18O2/c1-4-5-6-7-11(12)13-9-8-10(2)3/h8-9H,2,4-7H2,1,3H3. The summed E-state index contributed by atoms with van der Waals surface area (Å²) in [7, 11) is 0. The van der Waals surface area contributed by atoms with E-state index in [1.165, 1.54) is 6.26 Å². The van der Waals surface area contributed by atoms with Crippen molar-refractivity contribution in [2.75, 3.05) is 0 Å². The Morgan fingerprint density at radius 2 is 2.15 bits per heavy atom. The third-order valence-electron chi connectivity index (χ3n) is 1.54. The molecule has 0 spiro atoms. The van der Waals surface area contributed by atoms with E-state index < -0.39 is 0 Å². The van der Waals surface area contributed by atoms with Crippen molar-refractivity contribution in [2.24, 2.45) is 0 Å². The lowest BCUT2D eigenvalue weighted by Gasteiger charge is -1.97. The van der Waals surface area contributed by atoms with Crippen molar-refractivity contribution in [3.8, 4) is 0 Å². The van der Waals surface area contributed by atoms with Gasteiger partial charge in [-0.05, 0) is 19.4 Å². The maximum atomic E-state index is 11.0. The van der Waals surface area contributed by atoms with Crippen LogP contribution >= 0.6 is 0 Å². The maximum absolute atomic E-state index is 11.0. The Morgan fingerprint density at radius 1 is 1.46 bits per heavy atom. The lowest BCUT2D eigenvalue weighted by molar-refractivity contribution is -0.138. The first-order chi connectivity index (χ1) is 6.16. The highest BCUT2D eigenvalue weighted by molar-refractivity contribution is 5.69. The normalized spacial score (nSPS) is 10.3. The van der Waals surface area contributed by atoms with E-state index in [1.807, 2.05) is 6.92 Å². The number of rotatable bonds is 6. The number of ether oxygens (including phenoxy) is 1. The van der Waals surface area contributed by atoms with E-state index in [-0.39, 0.29) is 5.97 Å². The first kappa shape index (κ1) is 11.9. The van der Waals surface area contributed by atoms with Crippen LogP contribution in [0.4, 0.5) is 0 Å². The van der Waals surface area contributed by atoms with Crippen molar-refractivity contribution in [2.45, 2.75) is 39.5 Å². The molecule has 0 radical (unpaired) electrons. The van der Waals surface area contributed by atoms with Crippen LogP contribution in [0.1, 0.15) is 39.5 Å². The van der Waals surface area contributed by atoms with Crippen LogP contribution in [-0.2, 0) is 9.53 Å². The number of esters is 1. The van der Waals surface area contributed by atoms with Gasteiger partial charge in [-0.1, -0.05) is 31.9 Å². The highest BCUT2D eigenvalue weighted by Gasteiger charge is 1.98. The molecule has 2 heteroatoms. The van der Waals surface area contributed by atoms with Gasteiger partial charge in [-0.2, -0.15) is 0 Å². The zero-order valence-electron chi connectivity index (χ0n) is 8.51. The Hall–Kier alpha value is -1.05. The van der Waals surface area contributed by atoms with Crippen LogP contribution < -0.4 is 0 Å². The minimum atomic E-state index is -0.161. The van der Waals surface area contributed by atoms with Gasteiger partial charge in [0.05, 0.1) is 6.26 Å². The first-order valence-corrected chi connectivity index (χ1v) is 4.68. The zero-order chi connectivity index (χ0) is 10.1. The molecule has 0 aromatic carbocycles. The van der Waals surface area contributed by atoms with Gasteiger partial charge in [0, 0.05) is 6.42 Å². The van der Waals surface area contributed by atoms with Crippen molar-refractivity contribution in [1.29, 1.82) is 0 Å². The third-order valence-corrected chi connectivity index (χ3v) is 1.54. The molecule has 0 aliphatic carbocycles. The predicted molar refractivity (Wildman–Crippen MR) is 54.2 cm³/mol. The molecule has 74 valence electrons. The lowest BCUT2D eigenvalue weighted by Crippen LogP contribution is -1.98. The molecular formula is C11H18O2. The summed E-state index contributed by atoms with van der Waals surface area (Å²) in [6.45, 7) is 7.60. The van der Waals surface area contributed by atoms with Gasteiger partial charge in [0.2, 0.25) is 0 Å². The van der Waals surface area contributed by atoms with E-state index in [0.717, 1.165) is 24.8 Å². The molecule has 0 saturated carbocycles. The van der Waals surface area contributed by atoms with E-state index in [1.54, 1.807) is 6.08 Å². The van der Waals surface area contributed by atoms with Gasteiger partial charge in [-0.15, -0.1) is 0 Å². The van der Waals surface area contributed by atoms with Crippen LogP contribution in [0.2, 0.25) is 0 Å². The molecule has 0 aliphatic rings.